The van der Waals surface area contributed by atoms with E-state index in [9.17, 15) is 9.90 Å². The molecular formula is C15H17N3O3. The van der Waals surface area contributed by atoms with E-state index in [2.05, 4.69) is 14.9 Å². The SMILES string of the molecule is O=C(O)c1ccc2c(N3CCC(CO)CC3)ncnc2c1. The quantitative estimate of drug-likeness (QED) is 0.890. The minimum atomic E-state index is -0.958. The minimum absolute atomic E-state index is 0.228. The first-order chi connectivity index (χ1) is 10.2. The van der Waals surface area contributed by atoms with E-state index in [-0.39, 0.29) is 12.2 Å². The molecule has 0 aliphatic carbocycles. The van der Waals surface area contributed by atoms with Crippen LogP contribution in [0.3, 0.4) is 0 Å². The molecule has 2 N–H and O–H groups in total. The highest BCUT2D eigenvalue weighted by molar-refractivity contribution is 5.96. The third kappa shape index (κ3) is 2.67. The normalized spacial score (nSPS) is 16.3. The molecule has 6 nitrogen and oxygen atoms in total. The van der Waals surface area contributed by atoms with Crippen molar-refractivity contribution in [2.75, 3.05) is 24.6 Å². The summed E-state index contributed by atoms with van der Waals surface area (Å²) < 4.78 is 0. The number of carbonyl (C=O) groups is 1. The van der Waals surface area contributed by atoms with Gasteiger partial charge in [-0.2, -0.15) is 0 Å². The molecule has 6 heteroatoms. The summed E-state index contributed by atoms with van der Waals surface area (Å²) in [5, 5.41) is 19.1. The van der Waals surface area contributed by atoms with Gasteiger partial charge in [0.15, 0.2) is 0 Å². The van der Waals surface area contributed by atoms with E-state index in [1.54, 1.807) is 18.2 Å². The van der Waals surface area contributed by atoms with Crippen molar-refractivity contribution >= 4 is 22.7 Å². The summed E-state index contributed by atoms with van der Waals surface area (Å²) in [5.41, 5.74) is 0.871. The van der Waals surface area contributed by atoms with Gasteiger partial charge in [-0.25, -0.2) is 14.8 Å². The van der Waals surface area contributed by atoms with Gasteiger partial charge in [0.1, 0.15) is 12.1 Å². The Morgan fingerprint density at radius 3 is 2.71 bits per heavy atom. The van der Waals surface area contributed by atoms with Crippen molar-refractivity contribution in [2.24, 2.45) is 5.92 Å². The van der Waals surface area contributed by atoms with Crippen molar-refractivity contribution in [1.82, 2.24) is 9.97 Å². The van der Waals surface area contributed by atoms with Gasteiger partial charge in [0, 0.05) is 25.1 Å². The molecule has 3 rings (SSSR count). The van der Waals surface area contributed by atoms with Crippen LogP contribution < -0.4 is 4.90 Å². The molecule has 0 amide bonds. The van der Waals surface area contributed by atoms with Gasteiger partial charge in [0.25, 0.3) is 0 Å². The molecule has 1 saturated heterocycles. The molecule has 110 valence electrons. The minimum Gasteiger partial charge on any atom is -0.478 e. The Morgan fingerprint density at radius 1 is 1.29 bits per heavy atom. The van der Waals surface area contributed by atoms with Gasteiger partial charge < -0.3 is 15.1 Å². The number of rotatable bonds is 3. The number of benzene rings is 1. The maximum atomic E-state index is 11.0. The second-order valence-electron chi connectivity index (χ2n) is 5.35. The maximum absolute atomic E-state index is 11.0. The van der Waals surface area contributed by atoms with E-state index in [1.165, 1.54) is 6.33 Å². The molecule has 1 aromatic heterocycles. The number of aliphatic hydroxyl groups excluding tert-OH is 1. The average Bonchev–Trinajstić information content (AvgIpc) is 2.54. The molecule has 0 unspecified atom stereocenters. The smallest absolute Gasteiger partial charge is 0.335 e. The van der Waals surface area contributed by atoms with Crippen LogP contribution in [0.4, 0.5) is 5.82 Å². The number of hydrogen-bond acceptors (Lipinski definition) is 5. The van der Waals surface area contributed by atoms with Gasteiger partial charge in [-0.15, -0.1) is 0 Å². The number of piperidine rings is 1. The Labute approximate surface area is 122 Å². The van der Waals surface area contributed by atoms with E-state index in [0.29, 0.717) is 11.4 Å². The third-order valence-electron chi connectivity index (χ3n) is 4.03. The Bertz CT molecular complexity index is 666. The lowest BCUT2D eigenvalue weighted by Gasteiger charge is -2.32. The third-order valence-corrected chi connectivity index (χ3v) is 4.03. The van der Waals surface area contributed by atoms with Crippen molar-refractivity contribution in [3.63, 3.8) is 0 Å². The highest BCUT2D eigenvalue weighted by Crippen LogP contribution is 2.27. The van der Waals surface area contributed by atoms with Gasteiger partial charge in [0.2, 0.25) is 0 Å². The molecule has 2 aromatic rings. The lowest BCUT2D eigenvalue weighted by atomic mass is 9.97. The Hall–Kier alpha value is -2.21. The molecule has 2 heterocycles. The van der Waals surface area contributed by atoms with Gasteiger partial charge in [0.05, 0.1) is 11.1 Å². The predicted octanol–water partition coefficient (Wildman–Crippen LogP) is 1.54. The molecular weight excluding hydrogens is 270 g/mol. The largest absolute Gasteiger partial charge is 0.478 e. The Balaban J connectivity index is 1.94. The highest BCUT2D eigenvalue weighted by atomic mass is 16.4. The highest BCUT2D eigenvalue weighted by Gasteiger charge is 2.21. The predicted molar refractivity (Wildman–Crippen MR) is 78.5 cm³/mol. The van der Waals surface area contributed by atoms with E-state index >= 15 is 0 Å². The fourth-order valence-electron chi connectivity index (χ4n) is 2.76. The van der Waals surface area contributed by atoms with E-state index in [1.807, 2.05) is 0 Å². The fourth-order valence-corrected chi connectivity index (χ4v) is 2.76. The van der Waals surface area contributed by atoms with Crippen molar-refractivity contribution in [1.29, 1.82) is 0 Å². The number of aromatic nitrogens is 2. The van der Waals surface area contributed by atoms with Crippen molar-refractivity contribution in [3.05, 3.63) is 30.1 Å². The van der Waals surface area contributed by atoms with Crippen LogP contribution in [-0.2, 0) is 0 Å². The van der Waals surface area contributed by atoms with E-state index in [0.717, 1.165) is 37.1 Å². The zero-order valence-corrected chi connectivity index (χ0v) is 11.6. The van der Waals surface area contributed by atoms with Crippen LogP contribution in [0.2, 0.25) is 0 Å². The van der Waals surface area contributed by atoms with Crippen LogP contribution >= 0.6 is 0 Å². The summed E-state index contributed by atoms with van der Waals surface area (Å²) in [4.78, 5) is 21.7. The first-order valence-electron chi connectivity index (χ1n) is 7.03. The summed E-state index contributed by atoms with van der Waals surface area (Å²) in [6.07, 6.45) is 3.35. The number of aliphatic hydroxyl groups is 1. The van der Waals surface area contributed by atoms with Crippen LogP contribution in [0, 0.1) is 5.92 Å². The average molecular weight is 287 g/mol. The summed E-state index contributed by atoms with van der Waals surface area (Å²) in [5.74, 6) is 0.252. The molecule has 1 aliphatic rings. The topological polar surface area (TPSA) is 86.5 Å². The van der Waals surface area contributed by atoms with Crippen LogP contribution in [0.25, 0.3) is 10.9 Å². The molecule has 21 heavy (non-hydrogen) atoms. The standard InChI is InChI=1S/C15H17N3O3/c19-8-10-3-5-18(6-4-10)14-12-2-1-11(15(20)21)7-13(12)16-9-17-14/h1-2,7,9-10,19H,3-6,8H2,(H,20,21). The summed E-state index contributed by atoms with van der Waals surface area (Å²) in [6.45, 7) is 1.93. The van der Waals surface area contributed by atoms with Gasteiger partial charge >= 0.3 is 5.97 Å². The molecule has 0 saturated carbocycles. The number of anilines is 1. The monoisotopic (exact) mass is 287 g/mol. The van der Waals surface area contributed by atoms with Crippen molar-refractivity contribution in [3.8, 4) is 0 Å². The molecule has 1 fully saturated rings. The molecule has 0 radical (unpaired) electrons. The number of carboxylic acid groups (broad SMARTS) is 1. The Morgan fingerprint density at radius 2 is 2.05 bits per heavy atom. The molecule has 1 aliphatic heterocycles. The lowest BCUT2D eigenvalue weighted by molar-refractivity contribution is 0.0697. The second-order valence-corrected chi connectivity index (χ2v) is 5.35. The number of fused-ring (bicyclic) bond motifs is 1. The maximum Gasteiger partial charge on any atom is 0.335 e. The molecule has 0 bridgehead atoms. The van der Waals surface area contributed by atoms with Crippen molar-refractivity contribution in [2.45, 2.75) is 12.8 Å². The number of nitrogens with zero attached hydrogens (tertiary/aromatic N) is 3. The van der Waals surface area contributed by atoms with Gasteiger partial charge in [-0.1, -0.05) is 0 Å². The second kappa shape index (κ2) is 5.65. The number of carboxylic acids is 1. The van der Waals surface area contributed by atoms with E-state index in [4.69, 9.17) is 5.11 Å². The van der Waals surface area contributed by atoms with Gasteiger partial charge in [-0.3, -0.25) is 0 Å². The Kier molecular flexibility index (Phi) is 3.70. The van der Waals surface area contributed by atoms with Crippen LogP contribution in [-0.4, -0.2) is 45.8 Å². The van der Waals surface area contributed by atoms with Crippen LogP contribution in [0.15, 0.2) is 24.5 Å². The van der Waals surface area contributed by atoms with Crippen LogP contribution in [0.1, 0.15) is 23.2 Å². The molecule has 1 aromatic carbocycles. The van der Waals surface area contributed by atoms with Crippen LogP contribution in [0.5, 0.6) is 0 Å². The summed E-state index contributed by atoms with van der Waals surface area (Å²) in [7, 11) is 0. The molecule has 0 atom stereocenters. The van der Waals surface area contributed by atoms with Crippen molar-refractivity contribution < 1.29 is 15.0 Å². The number of aromatic carboxylic acids is 1. The fraction of sp³-hybridized carbons (Fsp3) is 0.400. The first-order valence-corrected chi connectivity index (χ1v) is 7.03. The molecule has 0 spiro atoms. The van der Waals surface area contributed by atoms with Gasteiger partial charge in [-0.05, 0) is 37.0 Å². The summed E-state index contributed by atoms with van der Waals surface area (Å²) >= 11 is 0. The zero-order valence-electron chi connectivity index (χ0n) is 11.6. The van der Waals surface area contributed by atoms with E-state index < -0.39 is 5.97 Å². The summed E-state index contributed by atoms with van der Waals surface area (Å²) in [6, 6.07) is 4.92. The first kappa shape index (κ1) is 13.8. The zero-order chi connectivity index (χ0) is 14.8. The number of hydrogen-bond donors (Lipinski definition) is 2. The lowest BCUT2D eigenvalue weighted by Crippen LogP contribution is -2.35.